The second-order valence-electron chi connectivity index (χ2n) is 5.76. The number of carbonyl (C=O) groups is 1. The molecule has 0 heterocycles. The molecule has 0 amide bonds. The molecule has 4 heteroatoms. The molecule has 0 aromatic heterocycles. The molecule has 0 fully saturated rings. The Labute approximate surface area is 124 Å². The Morgan fingerprint density at radius 2 is 1.90 bits per heavy atom. The zero-order chi connectivity index (χ0) is 15.2. The number of benzene rings is 1. The molecule has 0 N–H and O–H groups in total. The van der Waals surface area contributed by atoms with Gasteiger partial charge in [0.15, 0.2) is 0 Å². The molecule has 0 saturated heterocycles. The van der Waals surface area contributed by atoms with Crippen molar-refractivity contribution in [1.29, 1.82) is 0 Å². The van der Waals surface area contributed by atoms with Gasteiger partial charge in [0.25, 0.3) is 0 Å². The predicted octanol–water partition coefficient (Wildman–Crippen LogP) is 2.96. The molecule has 0 aliphatic rings. The molecule has 2 atom stereocenters. The van der Waals surface area contributed by atoms with E-state index in [1.807, 2.05) is 51.1 Å². The Morgan fingerprint density at radius 3 is 2.40 bits per heavy atom. The molecule has 0 saturated carbocycles. The van der Waals surface area contributed by atoms with Crippen LogP contribution in [0.4, 0.5) is 0 Å². The Hall–Kier alpha value is -1.00. The Morgan fingerprint density at radius 1 is 1.30 bits per heavy atom. The lowest BCUT2D eigenvalue weighted by Gasteiger charge is -2.27. The molecule has 2 unspecified atom stereocenters. The lowest BCUT2D eigenvalue weighted by molar-refractivity contribution is -0.147. The van der Waals surface area contributed by atoms with Gasteiger partial charge in [-0.3, -0.25) is 4.79 Å². The second kappa shape index (κ2) is 7.70. The van der Waals surface area contributed by atoms with E-state index >= 15 is 0 Å². The summed E-state index contributed by atoms with van der Waals surface area (Å²) in [5, 5.41) is 0. The van der Waals surface area contributed by atoms with Gasteiger partial charge in [0.05, 0.1) is 6.61 Å². The van der Waals surface area contributed by atoms with Gasteiger partial charge in [-0.2, -0.15) is 0 Å². The molecule has 0 spiro atoms. The first-order chi connectivity index (χ1) is 9.34. The maximum Gasteiger partial charge on any atom is 0.314 e. The van der Waals surface area contributed by atoms with E-state index in [1.165, 1.54) is 0 Å². The van der Waals surface area contributed by atoms with Crippen LogP contribution in [0.2, 0.25) is 0 Å². The molecule has 0 aliphatic heterocycles. The van der Waals surface area contributed by atoms with Crippen molar-refractivity contribution in [3.05, 3.63) is 35.9 Å². The first kappa shape index (κ1) is 17.1. The van der Waals surface area contributed by atoms with Gasteiger partial charge in [-0.1, -0.05) is 30.3 Å². The van der Waals surface area contributed by atoms with Crippen LogP contribution in [0.3, 0.4) is 0 Å². The highest BCUT2D eigenvalue weighted by Gasteiger charge is 2.32. The van der Waals surface area contributed by atoms with E-state index in [1.54, 1.807) is 6.92 Å². The second-order valence-corrected chi connectivity index (χ2v) is 8.01. The van der Waals surface area contributed by atoms with E-state index in [9.17, 15) is 9.35 Å². The fourth-order valence-electron chi connectivity index (χ4n) is 1.80. The maximum absolute atomic E-state index is 12.3. The lowest BCUT2D eigenvalue weighted by atomic mass is 10.0. The zero-order valence-electron chi connectivity index (χ0n) is 12.7. The van der Waals surface area contributed by atoms with E-state index in [-0.39, 0.29) is 16.6 Å². The highest BCUT2D eigenvalue weighted by molar-refractivity contribution is 7.92. The normalized spacial score (nSPS) is 14.7. The summed E-state index contributed by atoms with van der Waals surface area (Å²) in [4.78, 5) is 12.1. The average molecular weight is 296 g/mol. The van der Waals surface area contributed by atoms with Crippen LogP contribution < -0.4 is 0 Å². The Kier molecular flexibility index (Phi) is 6.56. The molecular formula is C16H24O3S. The van der Waals surface area contributed by atoms with E-state index < -0.39 is 11.2 Å². The number of rotatable bonds is 6. The molecule has 0 aliphatic carbocycles. The number of ether oxygens (including phenoxy) is 1. The van der Waals surface area contributed by atoms with Crippen LogP contribution >= 0.6 is 0 Å². The van der Waals surface area contributed by atoms with Crippen molar-refractivity contribution in [3.63, 3.8) is 0 Å². The van der Waals surface area contributed by atoms with Crippen LogP contribution in [-0.2, 0) is 27.1 Å². The van der Waals surface area contributed by atoms with Gasteiger partial charge in [-0.25, -0.2) is 0 Å². The third kappa shape index (κ3) is 5.55. The Balaban J connectivity index is 2.78. The molecule has 1 rings (SSSR count). The fourth-order valence-corrected chi connectivity index (χ4v) is 2.92. The molecule has 0 bridgehead atoms. The van der Waals surface area contributed by atoms with E-state index in [2.05, 4.69) is 0 Å². The summed E-state index contributed by atoms with van der Waals surface area (Å²) in [6.45, 7) is 7.92. The topological polar surface area (TPSA) is 49.4 Å². The standard InChI is InChI=1S/C16H24O3S/c1-5-19-15(17)14(12-20(18)16(2,3)4)11-13-9-7-6-8-10-13/h6-10,14H,5,11-12H2,1-4H3. The van der Waals surface area contributed by atoms with Crippen LogP contribution in [0.15, 0.2) is 30.3 Å². The molecule has 1 aromatic rings. The van der Waals surface area contributed by atoms with Crippen molar-refractivity contribution in [1.82, 2.24) is 0 Å². The molecule has 3 nitrogen and oxygen atoms in total. The van der Waals surface area contributed by atoms with Gasteiger partial charge in [0.1, 0.15) is 16.4 Å². The van der Waals surface area contributed by atoms with Crippen molar-refractivity contribution in [2.75, 3.05) is 12.4 Å². The van der Waals surface area contributed by atoms with Crippen LogP contribution in [0.1, 0.15) is 33.3 Å². The molecule has 112 valence electrons. The molecular weight excluding hydrogens is 272 g/mol. The number of esters is 1. The van der Waals surface area contributed by atoms with Gasteiger partial charge in [0.2, 0.25) is 0 Å². The minimum Gasteiger partial charge on any atom is -0.616 e. The summed E-state index contributed by atoms with van der Waals surface area (Å²) >= 11 is -1.07. The minimum absolute atomic E-state index is 0.256. The van der Waals surface area contributed by atoms with E-state index in [0.29, 0.717) is 18.8 Å². The summed E-state index contributed by atoms with van der Waals surface area (Å²) < 4.78 is 17.1. The van der Waals surface area contributed by atoms with Gasteiger partial charge >= 0.3 is 5.97 Å². The van der Waals surface area contributed by atoms with E-state index in [4.69, 9.17) is 4.74 Å². The average Bonchev–Trinajstić information content (AvgIpc) is 2.38. The largest absolute Gasteiger partial charge is 0.616 e. The van der Waals surface area contributed by atoms with Gasteiger partial charge in [-0.15, -0.1) is 0 Å². The van der Waals surface area contributed by atoms with Crippen LogP contribution in [0, 0.1) is 5.92 Å². The fraction of sp³-hybridized carbons (Fsp3) is 0.562. The highest BCUT2D eigenvalue weighted by atomic mass is 32.2. The molecule has 1 aromatic carbocycles. The van der Waals surface area contributed by atoms with Gasteiger partial charge < -0.3 is 9.29 Å². The zero-order valence-corrected chi connectivity index (χ0v) is 13.5. The van der Waals surface area contributed by atoms with Crippen molar-refractivity contribution in [2.45, 2.75) is 38.9 Å². The number of hydrogen-bond donors (Lipinski definition) is 0. The smallest absolute Gasteiger partial charge is 0.314 e. The van der Waals surface area contributed by atoms with Crippen LogP contribution in [0.5, 0.6) is 0 Å². The quantitative estimate of drug-likeness (QED) is 0.599. The lowest BCUT2D eigenvalue weighted by Crippen LogP contribution is -2.37. The third-order valence-corrected chi connectivity index (χ3v) is 5.05. The Bertz CT molecular complexity index is 411. The number of hydrogen-bond acceptors (Lipinski definition) is 3. The SMILES string of the molecule is CCOC(=O)C(Cc1ccccc1)C[S+]([O-])C(C)(C)C. The number of carbonyl (C=O) groups excluding carboxylic acids is 1. The third-order valence-electron chi connectivity index (χ3n) is 2.98. The molecule has 20 heavy (non-hydrogen) atoms. The monoisotopic (exact) mass is 296 g/mol. The maximum atomic E-state index is 12.3. The highest BCUT2D eigenvalue weighted by Crippen LogP contribution is 2.21. The predicted molar refractivity (Wildman–Crippen MR) is 83.0 cm³/mol. The minimum atomic E-state index is -1.07. The summed E-state index contributed by atoms with van der Waals surface area (Å²) in [5.74, 6) is -0.261. The molecule has 0 radical (unpaired) electrons. The van der Waals surface area contributed by atoms with Crippen LogP contribution in [-0.4, -0.2) is 27.6 Å². The van der Waals surface area contributed by atoms with Gasteiger partial charge in [0, 0.05) is 0 Å². The summed E-state index contributed by atoms with van der Waals surface area (Å²) in [7, 11) is 0. The summed E-state index contributed by atoms with van der Waals surface area (Å²) in [6.07, 6.45) is 0.571. The van der Waals surface area contributed by atoms with Crippen LogP contribution in [0.25, 0.3) is 0 Å². The summed E-state index contributed by atoms with van der Waals surface area (Å²) in [6, 6.07) is 9.78. The first-order valence-electron chi connectivity index (χ1n) is 6.93. The van der Waals surface area contributed by atoms with Crippen molar-refractivity contribution in [2.24, 2.45) is 5.92 Å². The summed E-state index contributed by atoms with van der Waals surface area (Å²) in [5.41, 5.74) is 1.07. The van der Waals surface area contributed by atoms with Crippen molar-refractivity contribution >= 4 is 17.1 Å². The van der Waals surface area contributed by atoms with E-state index in [0.717, 1.165) is 5.56 Å². The first-order valence-corrected chi connectivity index (χ1v) is 8.25. The van der Waals surface area contributed by atoms with Crippen molar-refractivity contribution in [3.8, 4) is 0 Å². The van der Waals surface area contributed by atoms with Crippen molar-refractivity contribution < 1.29 is 14.1 Å². The van der Waals surface area contributed by atoms with Gasteiger partial charge in [-0.05, 0) is 50.9 Å².